The summed E-state index contributed by atoms with van der Waals surface area (Å²) in [5.74, 6) is 2.17. The van der Waals surface area contributed by atoms with Crippen molar-refractivity contribution in [2.75, 3.05) is 5.32 Å². The van der Waals surface area contributed by atoms with E-state index >= 15 is 0 Å². The number of allylic oxidation sites excluding steroid dienone is 4. The Kier molecular flexibility index (Phi) is 8.55. The van der Waals surface area contributed by atoms with Gasteiger partial charge in [0.25, 0.3) is 0 Å². The molecule has 1 N–H and O–H groups in total. The van der Waals surface area contributed by atoms with Crippen molar-refractivity contribution >= 4 is 105 Å². The number of anilines is 1. The van der Waals surface area contributed by atoms with E-state index in [9.17, 15) is 0 Å². The first kappa shape index (κ1) is 41.0. The second kappa shape index (κ2) is 15.4. The van der Waals surface area contributed by atoms with Crippen molar-refractivity contribution in [2.45, 2.75) is 25.0 Å². The van der Waals surface area contributed by atoms with Crippen LogP contribution in [-0.4, -0.2) is 33.5 Å². The average molecular weight is 951 g/mol. The molecule has 5 aromatic heterocycles. The van der Waals surface area contributed by atoms with Gasteiger partial charge in [-0.1, -0.05) is 182 Å². The molecule has 0 fully saturated rings. The van der Waals surface area contributed by atoms with Crippen LogP contribution in [0, 0.1) is 0 Å². The first-order valence-electron chi connectivity index (χ1n) is 25.5. The summed E-state index contributed by atoms with van der Waals surface area (Å²) in [6.45, 7) is 2.37. The van der Waals surface area contributed by atoms with Gasteiger partial charge in [-0.05, 0) is 67.9 Å². The van der Waals surface area contributed by atoms with Gasteiger partial charge in [0.1, 0.15) is 6.17 Å². The SMILES string of the molecule is CC1(n2c3ccccc3c3ccc4c(c5ccccc5n4C4Nc5c(nc(-n6c7ccccc7c7ccc8c9ccccc9n(-c9ccccc9)c8c76)n5-c5ccccc5)N=C4c4ccccc4)c32)C=CC=CC1. The number of fused-ring (bicyclic) bond motifs is 15. The first-order valence-corrected chi connectivity index (χ1v) is 25.5. The van der Waals surface area contributed by atoms with E-state index in [4.69, 9.17) is 9.98 Å². The number of para-hydroxylation sites is 6. The molecular weight excluding hydrogens is 905 g/mol. The zero-order valence-electron chi connectivity index (χ0n) is 40.4. The highest BCUT2D eigenvalue weighted by molar-refractivity contribution is 6.27. The first-order chi connectivity index (χ1) is 36.6. The Balaban J connectivity index is 1.01. The molecule has 0 saturated carbocycles. The third-order valence-electron chi connectivity index (χ3n) is 15.9. The molecule has 1 aliphatic carbocycles. The van der Waals surface area contributed by atoms with Gasteiger partial charge in [-0.2, -0.15) is 4.98 Å². The van der Waals surface area contributed by atoms with Crippen molar-refractivity contribution in [2.24, 2.45) is 4.99 Å². The Bertz CT molecular complexity index is 4730. The molecule has 350 valence electrons. The van der Waals surface area contributed by atoms with Gasteiger partial charge in [-0.3, -0.25) is 9.13 Å². The number of hydrogen-bond acceptors (Lipinski definition) is 3. The zero-order valence-corrected chi connectivity index (χ0v) is 40.4. The van der Waals surface area contributed by atoms with Gasteiger partial charge in [0.15, 0.2) is 11.6 Å². The second-order valence-electron chi connectivity index (χ2n) is 20.0. The summed E-state index contributed by atoms with van der Waals surface area (Å²) in [5.41, 5.74) is 12.8. The van der Waals surface area contributed by atoms with Crippen LogP contribution in [0.1, 0.15) is 25.1 Å². The lowest BCUT2D eigenvalue weighted by molar-refractivity contribution is 0.438. The van der Waals surface area contributed by atoms with Crippen molar-refractivity contribution in [1.82, 2.24) is 27.8 Å². The van der Waals surface area contributed by atoms with E-state index in [0.29, 0.717) is 5.82 Å². The molecule has 14 aromatic rings. The third kappa shape index (κ3) is 5.62. The fourth-order valence-corrected chi connectivity index (χ4v) is 12.8. The Labute approximate surface area is 425 Å². The second-order valence-corrected chi connectivity index (χ2v) is 20.0. The van der Waals surface area contributed by atoms with Gasteiger partial charge in [-0.15, -0.1) is 0 Å². The molecule has 0 radical (unpaired) electrons. The Hall–Kier alpha value is -9.66. The standard InChI is InChI=1S/C66H46N8/c1-66(40-20-5-21-41-66)74-55-35-19-14-30-47(55)48-38-39-56-57(59(48)74)51-31-15-18-34-54(51)72(56)63-58(42-22-6-2-7-23-42)67-62-64(69-63)71(44-26-10-4-11-27-44)65(68-62)73-53-33-17-13-29-46(53)50-37-36-49-45-28-12-16-32-52(45)70(60(49)61(50)73)43-24-8-3-9-25-43/h2-40,63,69H,41H2,1H3. The minimum absolute atomic E-state index is 0.283. The summed E-state index contributed by atoms with van der Waals surface area (Å²) in [4.78, 5) is 11.5. The maximum atomic E-state index is 5.77. The number of aromatic nitrogens is 6. The zero-order chi connectivity index (χ0) is 48.6. The molecule has 2 atom stereocenters. The lowest BCUT2D eigenvalue weighted by Crippen LogP contribution is -2.31. The number of aliphatic imine (C=N–C) groups is 1. The van der Waals surface area contributed by atoms with Crippen LogP contribution in [-0.2, 0) is 5.54 Å². The third-order valence-corrected chi connectivity index (χ3v) is 15.9. The predicted molar refractivity (Wildman–Crippen MR) is 307 cm³/mol. The molecule has 8 heteroatoms. The topological polar surface area (TPSA) is 61.9 Å². The summed E-state index contributed by atoms with van der Waals surface area (Å²) in [7, 11) is 0. The molecule has 8 nitrogen and oxygen atoms in total. The van der Waals surface area contributed by atoms with Crippen molar-refractivity contribution < 1.29 is 0 Å². The molecule has 1 aliphatic heterocycles. The van der Waals surface area contributed by atoms with Crippen molar-refractivity contribution in [1.29, 1.82) is 0 Å². The van der Waals surface area contributed by atoms with Crippen LogP contribution in [0.2, 0.25) is 0 Å². The lowest BCUT2D eigenvalue weighted by Gasteiger charge is -2.31. The van der Waals surface area contributed by atoms with E-state index in [2.05, 4.69) is 272 Å². The summed E-state index contributed by atoms with van der Waals surface area (Å²) < 4.78 is 12.2. The Morgan fingerprint density at radius 3 is 1.65 bits per heavy atom. The van der Waals surface area contributed by atoms with Crippen LogP contribution in [0.15, 0.2) is 242 Å². The molecule has 74 heavy (non-hydrogen) atoms. The monoisotopic (exact) mass is 950 g/mol. The average Bonchev–Trinajstić information content (AvgIpc) is 4.26. The van der Waals surface area contributed by atoms with Crippen LogP contribution in [0.5, 0.6) is 0 Å². The van der Waals surface area contributed by atoms with Crippen LogP contribution < -0.4 is 5.32 Å². The van der Waals surface area contributed by atoms with E-state index < -0.39 is 6.17 Å². The van der Waals surface area contributed by atoms with Gasteiger partial charge in [0.2, 0.25) is 5.95 Å². The lowest BCUT2D eigenvalue weighted by atomic mass is 9.92. The molecule has 16 rings (SSSR count). The fourth-order valence-electron chi connectivity index (χ4n) is 12.8. The molecule has 0 spiro atoms. The van der Waals surface area contributed by atoms with Gasteiger partial charge in [0.05, 0.1) is 55.6 Å². The molecule has 0 amide bonds. The van der Waals surface area contributed by atoms with Gasteiger partial charge >= 0.3 is 0 Å². The summed E-state index contributed by atoms with van der Waals surface area (Å²) in [6.07, 6.45) is 9.48. The van der Waals surface area contributed by atoms with Crippen LogP contribution in [0.3, 0.4) is 0 Å². The van der Waals surface area contributed by atoms with E-state index in [1.165, 1.54) is 43.4 Å². The van der Waals surface area contributed by atoms with E-state index in [0.717, 1.165) is 84.7 Å². The molecule has 0 bridgehead atoms. The normalized spacial score (nSPS) is 16.7. The highest BCUT2D eigenvalue weighted by atomic mass is 15.4. The number of nitrogens with one attached hydrogen (secondary N) is 1. The predicted octanol–water partition coefficient (Wildman–Crippen LogP) is 16.3. The number of imidazole rings is 1. The van der Waals surface area contributed by atoms with Crippen molar-refractivity contribution in [3.05, 3.63) is 242 Å². The minimum atomic E-state index is -0.451. The Morgan fingerprint density at radius 1 is 0.459 bits per heavy atom. The summed E-state index contributed by atoms with van der Waals surface area (Å²) >= 11 is 0. The van der Waals surface area contributed by atoms with Crippen LogP contribution >= 0.6 is 0 Å². The molecule has 2 unspecified atom stereocenters. The fraction of sp³-hybridized carbons (Fsp3) is 0.0606. The smallest absolute Gasteiger partial charge is 0.223 e. The molecule has 2 aliphatic rings. The quantitative estimate of drug-likeness (QED) is 0.180. The minimum Gasteiger partial charge on any atom is -0.342 e. The van der Waals surface area contributed by atoms with E-state index in [1.54, 1.807) is 0 Å². The largest absolute Gasteiger partial charge is 0.342 e. The van der Waals surface area contributed by atoms with Crippen LogP contribution in [0.4, 0.5) is 11.6 Å². The maximum absolute atomic E-state index is 5.77. The van der Waals surface area contributed by atoms with Gasteiger partial charge < -0.3 is 19.0 Å². The Morgan fingerprint density at radius 2 is 0.986 bits per heavy atom. The summed E-state index contributed by atoms with van der Waals surface area (Å²) in [6, 6.07) is 76.6. The molecule has 0 saturated heterocycles. The highest BCUT2D eigenvalue weighted by Gasteiger charge is 2.36. The summed E-state index contributed by atoms with van der Waals surface area (Å²) in [5, 5.41) is 13.8. The van der Waals surface area contributed by atoms with Crippen molar-refractivity contribution in [3.8, 4) is 17.3 Å². The van der Waals surface area contributed by atoms with Gasteiger partial charge in [-0.25, -0.2) is 4.99 Å². The molecule has 6 heterocycles. The van der Waals surface area contributed by atoms with E-state index in [-0.39, 0.29) is 5.54 Å². The van der Waals surface area contributed by atoms with E-state index in [1.807, 2.05) is 0 Å². The highest BCUT2D eigenvalue weighted by Crippen LogP contribution is 2.48. The molecule has 9 aromatic carbocycles. The van der Waals surface area contributed by atoms with Crippen molar-refractivity contribution in [3.63, 3.8) is 0 Å². The van der Waals surface area contributed by atoms with Gasteiger partial charge in [0, 0.05) is 59.9 Å². The van der Waals surface area contributed by atoms with Crippen LogP contribution in [0.25, 0.3) is 105 Å². The number of hydrogen-bond donors (Lipinski definition) is 1. The number of rotatable bonds is 6. The molecular formula is C66H46N8. The maximum Gasteiger partial charge on any atom is 0.223 e. The number of benzene rings is 9. The number of nitrogens with zero attached hydrogens (tertiary/aromatic N) is 7.